The molecule has 1 aliphatic carbocycles. The van der Waals surface area contributed by atoms with Gasteiger partial charge < -0.3 is 9.73 Å². The number of aryl methyl sites for hydroxylation is 1. The standard InChI is InChI=1S/C18H25NO/c1-3-19-16-8-6-4-5-7-15(16)18-12-14-11-13(2)9-10-17(14)20-18/h9-12,15-16,19H,3-8H2,1-2H3. The van der Waals surface area contributed by atoms with Gasteiger partial charge in [0.1, 0.15) is 11.3 Å². The molecule has 3 rings (SSSR count). The molecular formula is C18H25NO. The van der Waals surface area contributed by atoms with Crippen LogP contribution in [0.4, 0.5) is 0 Å². The summed E-state index contributed by atoms with van der Waals surface area (Å²) in [6.07, 6.45) is 6.54. The summed E-state index contributed by atoms with van der Waals surface area (Å²) in [6.45, 7) is 5.38. The Bertz CT molecular complexity index is 572. The van der Waals surface area contributed by atoms with E-state index < -0.39 is 0 Å². The summed E-state index contributed by atoms with van der Waals surface area (Å²) in [7, 11) is 0. The third-order valence-electron chi connectivity index (χ3n) is 4.54. The minimum atomic E-state index is 0.533. The zero-order valence-electron chi connectivity index (χ0n) is 12.6. The highest BCUT2D eigenvalue weighted by molar-refractivity contribution is 5.78. The number of nitrogens with one attached hydrogen (secondary N) is 1. The first kappa shape index (κ1) is 13.7. The van der Waals surface area contributed by atoms with E-state index in [1.807, 2.05) is 0 Å². The van der Waals surface area contributed by atoms with Crippen LogP contribution >= 0.6 is 0 Å². The Hall–Kier alpha value is -1.28. The topological polar surface area (TPSA) is 25.2 Å². The third kappa shape index (κ3) is 2.76. The molecule has 0 bridgehead atoms. The van der Waals surface area contributed by atoms with E-state index in [-0.39, 0.29) is 0 Å². The van der Waals surface area contributed by atoms with Crippen molar-refractivity contribution < 1.29 is 4.42 Å². The largest absolute Gasteiger partial charge is 0.461 e. The highest BCUT2D eigenvalue weighted by Gasteiger charge is 2.27. The predicted octanol–water partition coefficient (Wildman–Crippen LogP) is 4.77. The molecule has 1 saturated carbocycles. The lowest BCUT2D eigenvalue weighted by Crippen LogP contribution is -2.33. The number of benzene rings is 1. The summed E-state index contributed by atoms with van der Waals surface area (Å²) in [6, 6.07) is 9.30. The molecule has 2 unspecified atom stereocenters. The average Bonchev–Trinajstić information content (AvgIpc) is 2.70. The number of fused-ring (bicyclic) bond motifs is 1. The van der Waals surface area contributed by atoms with Gasteiger partial charge in [0.05, 0.1) is 0 Å². The van der Waals surface area contributed by atoms with Crippen LogP contribution in [0, 0.1) is 6.92 Å². The van der Waals surface area contributed by atoms with Gasteiger partial charge in [-0.05, 0) is 44.5 Å². The maximum Gasteiger partial charge on any atom is 0.134 e. The smallest absolute Gasteiger partial charge is 0.134 e. The Morgan fingerprint density at radius 1 is 1.15 bits per heavy atom. The van der Waals surface area contributed by atoms with E-state index in [0.29, 0.717) is 12.0 Å². The average molecular weight is 271 g/mol. The van der Waals surface area contributed by atoms with E-state index in [1.54, 1.807) is 0 Å². The number of rotatable bonds is 3. The van der Waals surface area contributed by atoms with Crippen molar-refractivity contribution in [1.82, 2.24) is 5.32 Å². The summed E-state index contributed by atoms with van der Waals surface area (Å²) < 4.78 is 6.15. The third-order valence-corrected chi connectivity index (χ3v) is 4.54. The van der Waals surface area contributed by atoms with Gasteiger partial charge in [-0.25, -0.2) is 0 Å². The van der Waals surface area contributed by atoms with Crippen LogP contribution in [0.25, 0.3) is 11.0 Å². The summed E-state index contributed by atoms with van der Waals surface area (Å²) in [5.74, 6) is 1.71. The molecule has 20 heavy (non-hydrogen) atoms. The molecule has 1 aromatic heterocycles. The minimum absolute atomic E-state index is 0.533. The summed E-state index contributed by atoms with van der Waals surface area (Å²) in [4.78, 5) is 0. The zero-order chi connectivity index (χ0) is 13.9. The quantitative estimate of drug-likeness (QED) is 0.814. The van der Waals surface area contributed by atoms with Crippen molar-refractivity contribution in [3.05, 3.63) is 35.6 Å². The van der Waals surface area contributed by atoms with Gasteiger partial charge in [-0.3, -0.25) is 0 Å². The molecular weight excluding hydrogens is 246 g/mol. The van der Waals surface area contributed by atoms with Crippen LogP contribution in [0.1, 0.15) is 56.3 Å². The van der Waals surface area contributed by atoms with E-state index in [2.05, 4.69) is 43.4 Å². The highest BCUT2D eigenvalue weighted by Crippen LogP contribution is 2.35. The molecule has 0 aliphatic heterocycles. The first-order valence-corrected chi connectivity index (χ1v) is 8.01. The molecule has 0 amide bonds. The van der Waals surface area contributed by atoms with Crippen molar-refractivity contribution in [3.63, 3.8) is 0 Å². The van der Waals surface area contributed by atoms with Gasteiger partial charge in [0, 0.05) is 17.3 Å². The molecule has 0 spiro atoms. The van der Waals surface area contributed by atoms with E-state index in [4.69, 9.17) is 4.42 Å². The number of likely N-dealkylation sites (N-methyl/N-ethyl adjacent to an activating group) is 1. The SMILES string of the molecule is CCNC1CCCCCC1c1cc2cc(C)ccc2o1. The van der Waals surface area contributed by atoms with Crippen molar-refractivity contribution in [2.45, 2.75) is 57.9 Å². The van der Waals surface area contributed by atoms with Gasteiger partial charge in [0.2, 0.25) is 0 Å². The van der Waals surface area contributed by atoms with Crippen molar-refractivity contribution >= 4 is 11.0 Å². The second-order valence-corrected chi connectivity index (χ2v) is 6.10. The van der Waals surface area contributed by atoms with Crippen molar-refractivity contribution in [3.8, 4) is 0 Å². The van der Waals surface area contributed by atoms with Gasteiger partial charge in [0.15, 0.2) is 0 Å². The van der Waals surface area contributed by atoms with Gasteiger partial charge in [-0.15, -0.1) is 0 Å². The fourth-order valence-corrected chi connectivity index (χ4v) is 3.52. The first-order chi connectivity index (χ1) is 9.78. The predicted molar refractivity (Wildman–Crippen MR) is 84.2 cm³/mol. The zero-order valence-corrected chi connectivity index (χ0v) is 12.6. The van der Waals surface area contributed by atoms with Crippen LogP contribution in [0.5, 0.6) is 0 Å². The van der Waals surface area contributed by atoms with E-state index in [0.717, 1.165) is 12.1 Å². The molecule has 0 radical (unpaired) electrons. The molecule has 2 aromatic rings. The van der Waals surface area contributed by atoms with Gasteiger partial charge in [-0.2, -0.15) is 0 Å². The van der Waals surface area contributed by atoms with Gasteiger partial charge >= 0.3 is 0 Å². The van der Waals surface area contributed by atoms with Crippen LogP contribution in [-0.4, -0.2) is 12.6 Å². The van der Waals surface area contributed by atoms with Gasteiger partial charge in [0.25, 0.3) is 0 Å². The van der Waals surface area contributed by atoms with Crippen LogP contribution < -0.4 is 5.32 Å². The molecule has 1 fully saturated rings. The fraction of sp³-hybridized carbons (Fsp3) is 0.556. The van der Waals surface area contributed by atoms with Gasteiger partial charge in [-0.1, -0.05) is 37.8 Å². The van der Waals surface area contributed by atoms with Crippen LogP contribution in [0.3, 0.4) is 0 Å². The molecule has 2 nitrogen and oxygen atoms in total. The Balaban J connectivity index is 1.93. The summed E-state index contributed by atoms with van der Waals surface area (Å²) in [5.41, 5.74) is 2.33. The maximum absolute atomic E-state index is 6.15. The maximum atomic E-state index is 6.15. The summed E-state index contributed by atoms with van der Waals surface area (Å²) in [5, 5.41) is 4.92. The van der Waals surface area contributed by atoms with Crippen LogP contribution in [0.2, 0.25) is 0 Å². The fourth-order valence-electron chi connectivity index (χ4n) is 3.52. The molecule has 2 heteroatoms. The lowest BCUT2D eigenvalue weighted by molar-refractivity contribution is 0.369. The minimum Gasteiger partial charge on any atom is -0.461 e. The molecule has 0 saturated heterocycles. The number of furan rings is 1. The lowest BCUT2D eigenvalue weighted by Gasteiger charge is -2.24. The van der Waals surface area contributed by atoms with E-state index in [9.17, 15) is 0 Å². The molecule has 1 aliphatic rings. The normalized spacial score (nSPS) is 23.9. The Labute approximate surface area is 121 Å². The second-order valence-electron chi connectivity index (χ2n) is 6.10. The van der Waals surface area contributed by atoms with E-state index >= 15 is 0 Å². The molecule has 108 valence electrons. The van der Waals surface area contributed by atoms with Crippen molar-refractivity contribution in [2.75, 3.05) is 6.54 Å². The summed E-state index contributed by atoms with van der Waals surface area (Å²) >= 11 is 0. The Kier molecular flexibility index (Phi) is 4.11. The Morgan fingerprint density at radius 3 is 2.85 bits per heavy atom. The molecule has 2 atom stereocenters. The Morgan fingerprint density at radius 2 is 2.00 bits per heavy atom. The number of hydrogen-bond acceptors (Lipinski definition) is 2. The highest BCUT2D eigenvalue weighted by atomic mass is 16.3. The molecule has 1 aromatic carbocycles. The van der Waals surface area contributed by atoms with Crippen LogP contribution in [-0.2, 0) is 0 Å². The van der Waals surface area contributed by atoms with Crippen molar-refractivity contribution in [1.29, 1.82) is 0 Å². The van der Waals surface area contributed by atoms with Crippen molar-refractivity contribution in [2.24, 2.45) is 0 Å². The lowest BCUT2D eigenvalue weighted by atomic mass is 9.92. The van der Waals surface area contributed by atoms with E-state index in [1.165, 1.54) is 48.8 Å². The number of hydrogen-bond donors (Lipinski definition) is 1. The molecule has 1 N–H and O–H groups in total. The monoisotopic (exact) mass is 271 g/mol. The second kappa shape index (κ2) is 6.01. The first-order valence-electron chi connectivity index (χ1n) is 8.01. The molecule has 1 heterocycles. The van der Waals surface area contributed by atoms with Crippen LogP contribution in [0.15, 0.2) is 28.7 Å².